The molecule has 1 aliphatic heterocycles. The highest BCUT2D eigenvalue weighted by Crippen LogP contribution is 2.34. The van der Waals surface area contributed by atoms with E-state index in [1.54, 1.807) is 12.1 Å². The van der Waals surface area contributed by atoms with Gasteiger partial charge in [-0.2, -0.15) is 0 Å². The van der Waals surface area contributed by atoms with Crippen molar-refractivity contribution in [3.63, 3.8) is 0 Å². The van der Waals surface area contributed by atoms with Crippen LogP contribution in [0.25, 0.3) is 0 Å². The minimum atomic E-state index is -0.653. The number of rotatable bonds is 1. The monoisotopic (exact) mass is 270 g/mol. The van der Waals surface area contributed by atoms with Crippen LogP contribution in [0, 0.1) is 0 Å². The third-order valence-corrected chi connectivity index (χ3v) is 2.77. The fraction of sp³-hybridized carbons (Fsp3) is 0.200. The molecule has 0 spiro atoms. The van der Waals surface area contributed by atoms with E-state index in [2.05, 4.69) is 20.7 Å². The Hall–Kier alpha value is -1.36. The van der Waals surface area contributed by atoms with Crippen molar-refractivity contribution in [3.8, 4) is 5.75 Å². The number of carbonyl (C=O) groups excluding carboxylic acids is 2. The van der Waals surface area contributed by atoms with Crippen LogP contribution in [0.3, 0.4) is 0 Å². The van der Waals surface area contributed by atoms with Crippen molar-refractivity contribution in [2.75, 3.05) is 7.11 Å². The van der Waals surface area contributed by atoms with Crippen LogP contribution in [0.2, 0.25) is 0 Å². The number of esters is 2. The smallest absolute Gasteiger partial charge is 0.349 e. The molecule has 1 aromatic carbocycles. The Kier molecular flexibility index (Phi) is 2.48. The first-order valence-electron chi connectivity index (χ1n) is 4.24. The zero-order valence-corrected chi connectivity index (χ0v) is 9.46. The Morgan fingerprint density at radius 1 is 1.40 bits per heavy atom. The van der Waals surface area contributed by atoms with Crippen LogP contribution in [0.1, 0.15) is 15.9 Å². The van der Waals surface area contributed by atoms with Crippen LogP contribution in [0.4, 0.5) is 0 Å². The van der Waals surface area contributed by atoms with Crippen LogP contribution in [0.5, 0.6) is 5.75 Å². The largest absolute Gasteiger partial charge is 0.495 e. The number of hydrogen-bond donors (Lipinski definition) is 0. The topological polar surface area (TPSA) is 52.6 Å². The zero-order valence-electron chi connectivity index (χ0n) is 7.87. The van der Waals surface area contributed by atoms with Gasteiger partial charge in [-0.25, -0.2) is 4.79 Å². The minimum Gasteiger partial charge on any atom is -0.495 e. The summed E-state index contributed by atoms with van der Waals surface area (Å²) < 4.78 is 10.3. The lowest BCUT2D eigenvalue weighted by Crippen LogP contribution is -2.23. The van der Waals surface area contributed by atoms with Gasteiger partial charge in [-0.05, 0) is 27.6 Å². The molecule has 1 heterocycles. The molecule has 0 N–H and O–H groups in total. The fourth-order valence-corrected chi connectivity index (χ4v) is 2.01. The van der Waals surface area contributed by atoms with E-state index < -0.39 is 11.9 Å². The number of fused-ring (bicyclic) bond motifs is 1. The number of ether oxygens (including phenoxy) is 2. The van der Waals surface area contributed by atoms with E-state index in [0.717, 1.165) is 0 Å². The molecule has 0 saturated heterocycles. The van der Waals surface area contributed by atoms with Gasteiger partial charge in [0.25, 0.3) is 0 Å². The molecular weight excluding hydrogens is 264 g/mol. The highest BCUT2D eigenvalue weighted by Gasteiger charge is 2.29. The summed E-state index contributed by atoms with van der Waals surface area (Å²) in [7, 11) is 1.46. The number of carbonyl (C=O) groups is 2. The normalized spacial score (nSPS) is 14.5. The van der Waals surface area contributed by atoms with Crippen LogP contribution in [-0.2, 0) is 16.0 Å². The Bertz CT molecular complexity index is 453. The van der Waals surface area contributed by atoms with Gasteiger partial charge in [0, 0.05) is 0 Å². The maximum absolute atomic E-state index is 11.5. The molecule has 1 aliphatic rings. The number of benzene rings is 1. The van der Waals surface area contributed by atoms with Crippen molar-refractivity contribution < 1.29 is 19.1 Å². The molecule has 0 bridgehead atoms. The summed E-state index contributed by atoms with van der Waals surface area (Å²) in [6.45, 7) is 0. The van der Waals surface area contributed by atoms with Crippen molar-refractivity contribution in [1.29, 1.82) is 0 Å². The first-order valence-corrected chi connectivity index (χ1v) is 5.03. The number of cyclic esters (lactones) is 2. The minimum absolute atomic E-state index is 0.102. The molecule has 1 aromatic rings. The van der Waals surface area contributed by atoms with Crippen LogP contribution in [0.15, 0.2) is 16.6 Å². The Labute approximate surface area is 94.3 Å². The quantitative estimate of drug-likeness (QED) is 0.576. The molecule has 4 nitrogen and oxygen atoms in total. The second-order valence-corrected chi connectivity index (χ2v) is 3.91. The molecule has 78 valence electrons. The summed E-state index contributed by atoms with van der Waals surface area (Å²) in [5, 5.41) is 0. The Morgan fingerprint density at radius 2 is 2.13 bits per heavy atom. The van der Waals surface area contributed by atoms with E-state index in [4.69, 9.17) is 4.74 Å². The summed E-state index contributed by atoms with van der Waals surface area (Å²) in [6, 6.07) is 3.45. The summed E-state index contributed by atoms with van der Waals surface area (Å²) in [6.07, 6.45) is 0.102. The lowest BCUT2D eigenvalue weighted by Gasteiger charge is -2.17. The Morgan fingerprint density at radius 3 is 2.80 bits per heavy atom. The van der Waals surface area contributed by atoms with Crippen molar-refractivity contribution in [2.45, 2.75) is 6.42 Å². The predicted octanol–water partition coefficient (Wildman–Crippen LogP) is 1.70. The van der Waals surface area contributed by atoms with Crippen molar-refractivity contribution in [3.05, 3.63) is 27.7 Å². The fourth-order valence-electron chi connectivity index (χ4n) is 1.51. The van der Waals surface area contributed by atoms with E-state index in [1.165, 1.54) is 7.11 Å². The molecule has 0 fully saturated rings. The average molecular weight is 271 g/mol. The highest BCUT2D eigenvalue weighted by molar-refractivity contribution is 9.10. The summed E-state index contributed by atoms with van der Waals surface area (Å²) in [5.41, 5.74) is 0.961. The Balaban J connectivity index is 2.65. The van der Waals surface area contributed by atoms with E-state index in [9.17, 15) is 9.59 Å². The molecule has 0 atom stereocenters. The molecule has 0 saturated carbocycles. The molecule has 0 amide bonds. The molecular formula is C10H7BrO4. The van der Waals surface area contributed by atoms with Gasteiger partial charge in [-0.3, -0.25) is 4.79 Å². The number of halogens is 1. The van der Waals surface area contributed by atoms with Gasteiger partial charge in [0.1, 0.15) is 11.3 Å². The molecule has 0 unspecified atom stereocenters. The molecule has 0 radical (unpaired) electrons. The maximum Gasteiger partial charge on any atom is 0.349 e. The van der Waals surface area contributed by atoms with Crippen LogP contribution < -0.4 is 4.74 Å². The first-order chi connectivity index (χ1) is 7.13. The van der Waals surface area contributed by atoms with E-state index in [0.29, 0.717) is 21.3 Å². The standard InChI is InChI=1S/C10H7BrO4/c1-14-9-6(11)3-2-5-4-7(12)15-10(13)8(5)9/h2-3H,4H2,1H3. The summed E-state index contributed by atoms with van der Waals surface area (Å²) in [4.78, 5) is 22.5. The van der Waals surface area contributed by atoms with Gasteiger partial charge in [0.15, 0.2) is 0 Å². The van der Waals surface area contributed by atoms with E-state index >= 15 is 0 Å². The van der Waals surface area contributed by atoms with Crippen LogP contribution in [-0.4, -0.2) is 19.0 Å². The molecule has 0 aromatic heterocycles. The lowest BCUT2D eigenvalue weighted by atomic mass is 10.0. The lowest BCUT2D eigenvalue weighted by molar-refractivity contribution is -0.137. The maximum atomic E-state index is 11.5. The predicted molar refractivity (Wildman–Crippen MR) is 54.8 cm³/mol. The number of hydrogen-bond acceptors (Lipinski definition) is 4. The van der Waals surface area contributed by atoms with E-state index in [1.807, 2.05) is 0 Å². The number of methoxy groups -OCH3 is 1. The van der Waals surface area contributed by atoms with Crippen molar-refractivity contribution in [2.24, 2.45) is 0 Å². The van der Waals surface area contributed by atoms with Gasteiger partial charge < -0.3 is 9.47 Å². The van der Waals surface area contributed by atoms with E-state index in [-0.39, 0.29) is 6.42 Å². The van der Waals surface area contributed by atoms with Gasteiger partial charge in [-0.15, -0.1) is 0 Å². The van der Waals surface area contributed by atoms with Gasteiger partial charge >= 0.3 is 11.9 Å². The molecule has 2 rings (SSSR count). The van der Waals surface area contributed by atoms with Crippen LogP contribution >= 0.6 is 15.9 Å². The second-order valence-electron chi connectivity index (χ2n) is 3.05. The SMILES string of the molecule is COc1c(Br)ccc2c1C(=O)OC(=O)C2. The average Bonchev–Trinajstić information content (AvgIpc) is 2.18. The second kappa shape index (κ2) is 3.66. The van der Waals surface area contributed by atoms with Crippen molar-refractivity contribution >= 4 is 27.9 Å². The summed E-state index contributed by atoms with van der Waals surface area (Å²) >= 11 is 3.26. The molecule has 0 aliphatic carbocycles. The third kappa shape index (κ3) is 1.63. The molecule has 5 heteroatoms. The highest BCUT2D eigenvalue weighted by atomic mass is 79.9. The third-order valence-electron chi connectivity index (χ3n) is 2.15. The first kappa shape index (κ1) is 10.2. The summed E-state index contributed by atoms with van der Waals surface area (Å²) in [5.74, 6) is -0.777. The van der Waals surface area contributed by atoms with Gasteiger partial charge in [0.2, 0.25) is 0 Å². The van der Waals surface area contributed by atoms with Gasteiger partial charge in [0.05, 0.1) is 18.0 Å². The van der Waals surface area contributed by atoms with Gasteiger partial charge in [-0.1, -0.05) is 6.07 Å². The zero-order chi connectivity index (χ0) is 11.0. The molecule has 15 heavy (non-hydrogen) atoms. The van der Waals surface area contributed by atoms with Crippen molar-refractivity contribution in [1.82, 2.24) is 0 Å².